The zero-order valence-corrected chi connectivity index (χ0v) is 13.2. The highest BCUT2D eigenvalue weighted by molar-refractivity contribution is 7.94. The SMILES string of the molecule is COc1ccccc1[N-]S(=O)(=O)c1cc(C(=O)[O-])ccc1OC. The molecule has 2 aromatic carbocycles. The zero-order chi connectivity index (χ0) is 17.0. The summed E-state index contributed by atoms with van der Waals surface area (Å²) in [5, 5.41) is 10.9. The average molecular weight is 335 g/mol. The van der Waals surface area contributed by atoms with Crippen LogP contribution >= 0.6 is 0 Å². The summed E-state index contributed by atoms with van der Waals surface area (Å²) in [5.41, 5.74) is -0.199. The van der Waals surface area contributed by atoms with Crippen molar-refractivity contribution in [2.75, 3.05) is 14.2 Å². The Morgan fingerprint density at radius 1 is 1.04 bits per heavy atom. The number of para-hydroxylation sites is 1. The van der Waals surface area contributed by atoms with Crippen molar-refractivity contribution in [3.8, 4) is 11.5 Å². The van der Waals surface area contributed by atoms with Gasteiger partial charge in [0.15, 0.2) is 0 Å². The molecule has 2 aromatic rings. The first-order valence-electron chi connectivity index (χ1n) is 6.39. The van der Waals surface area contributed by atoms with E-state index in [4.69, 9.17) is 9.47 Å². The smallest absolute Gasteiger partial charge is 0.136 e. The van der Waals surface area contributed by atoms with Crippen molar-refractivity contribution in [1.29, 1.82) is 0 Å². The first-order valence-corrected chi connectivity index (χ1v) is 7.83. The van der Waals surface area contributed by atoms with Gasteiger partial charge in [-0.3, -0.25) is 0 Å². The fraction of sp³-hybridized carbons (Fsp3) is 0.133. The molecule has 0 aliphatic heterocycles. The summed E-state index contributed by atoms with van der Waals surface area (Å²) in [6.07, 6.45) is 0. The minimum Gasteiger partial charge on any atom is -0.570 e. The number of hydrogen-bond acceptors (Lipinski definition) is 6. The molecule has 0 fully saturated rings. The summed E-state index contributed by atoms with van der Waals surface area (Å²) < 4.78 is 38.7. The second-order valence-electron chi connectivity index (χ2n) is 4.39. The minimum atomic E-state index is -4.22. The molecule has 23 heavy (non-hydrogen) atoms. The van der Waals surface area contributed by atoms with Crippen LogP contribution in [-0.2, 0) is 10.0 Å². The van der Waals surface area contributed by atoms with Crippen LogP contribution in [0.1, 0.15) is 10.4 Å². The maximum absolute atomic E-state index is 12.5. The van der Waals surface area contributed by atoms with E-state index in [-0.39, 0.29) is 27.6 Å². The van der Waals surface area contributed by atoms with Gasteiger partial charge in [0, 0.05) is 0 Å². The number of nitrogens with zero attached hydrogens (tertiary/aromatic N) is 1. The number of benzene rings is 2. The lowest BCUT2D eigenvalue weighted by Gasteiger charge is -2.25. The topological polar surface area (TPSA) is 107 Å². The average Bonchev–Trinajstić information content (AvgIpc) is 2.54. The van der Waals surface area contributed by atoms with E-state index < -0.39 is 16.0 Å². The molecular formula is C15H13NO6S-2. The van der Waals surface area contributed by atoms with Gasteiger partial charge in [-0.15, -0.1) is 0 Å². The molecule has 0 bridgehead atoms. The molecule has 2 rings (SSSR count). The van der Waals surface area contributed by atoms with Crippen LogP contribution in [0.25, 0.3) is 4.72 Å². The Hall–Kier alpha value is -2.74. The number of carbonyl (C=O) groups excluding carboxylic acids is 1. The molecule has 122 valence electrons. The zero-order valence-electron chi connectivity index (χ0n) is 12.3. The quantitative estimate of drug-likeness (QED) is 0.791. The van der Waals surface area contributed by atoms with E-state index in [1.807, 2.05) is 0 Å². The van der Waals surface area contributed by atoms with Gasteiger partial charge in [0.05, 0.1) is 25.1 Å². The van der Waals surface area contributed by atoms with Crippen molar-refractivity contribution in [3.63, 3.8) is 0 Å². The fourth-order valence-corrected chi connectivity index (χ4v) is 3.08. The molecule has 0 saturated heterocycles. The molecule has 0 N–H and O–H groups in total. The lowest BCUT2D eigenvalue weighted by Crippen LogP contribution is -2.22. The van der Waals surface area contributed by atoms with Crippen LogP contribution < -0.4 is 14.6 Å². The Kier molecular flexibility index (Phi) is 4.75. The normalized spacial score (nSPS) is 10.9. The van der Waals surface area contributed by atoms with E-state index in [0.29, 0.717) is 0 Å². The van der Waals surface area contributed by atoms with E-state index in [0.717, 1.165) is 6.07 Å². The second-order valence-corrected chi connectivity index (χ2v) is 5.96. The Bertz CT molecular complexity index is 832. The predicted molar refractivity (Wildman–Crippen MR) is 80.5 cm³/mol. The van der Waals surface area contributed by atoms with Crippen molar-refractivity contribution in [2.45, 2.75) is 4.90 Å². The number of carboxylic acids is 1. The van der Waals surface area contributed by atoms with Crippen LogP contribution in [0.3, 0.4) is 0 Å². The van der Waals surface area contributed by atoms with Gasteiger partial charge in [-0.25, -0.2) is 8.42 Å². The summed E-state index contributed by atoms with van der Waals surface area (Å²) in [6, 6.07) is 9.66. The van der Waals surface area contributed by atoms with Crippen LogP contribution in [-0.4, -0.2) is 28.6 Å². The molecule has 0 spiro atoms. The van der Waals surface area contributed by atoms with Crippen molar-refractivity contribution in [1.82, 2.24) is 0 Å². The van der Waals surface area contributed by atoms with Crippen LogP contribution in [0.2, 0.25) is 0 Å². The number of rotatable bonds is 6. The lowest BCUT2D eigenvalue weighted by atomic mass is 10.2. The number of hydrogen-bond donors (Lipinski definition) is 0. The summed E-state index contributed by atoms with van der Waals surface area (Å²) in [6.45, 7) is 0. The highest BCUT2D eigenvalue weighted by Crippen LogP contribution is 2.38. The second kappa shape index (κ2) is 6.57. The molecule has 0 amide bonds. The Morgan fingerprint density at radius 3 is 2.30 bits per heavy atom. The third kappa shape index (κ3) is 3.54. The first kappa shape index (κ1) is 16.6. The molecular weight excluding hydrogens is 322 g/mol. The molecule has 0 saturated carbocycles. The summed E-state index contributed by atoms with van der Waals surface area (Å²) in [7, 11) is -1.55. The number of carbonyl (C=O) groups is 1. The monoisotopic (exact) mass is 335 g/mol. The van der Waals surface area contributed by atoms with Crippen molar-refractivity contribution in [3.05, 3.63) is 52.8 Å². The van der Waals surface area contributed by atoms with Crippen molar-refractivity contribution < 1.29 is 27.8 Å². The number of ether oxygens (including phenoxy) is 2. The standard InChI is InChI=1S/C15H14NO6S/c1-21-12-6-4-3-5-11(12)16-23(19,20)14-9-10(15(17)18)7-8-13(14)22-2/h3-9H,1-2H3,(H,17,18)/q-1/p-1. The molecule has 0 aliphatic carbocycles. The lowest BCUT2D eigenvalue weighted by molar-refractivity contribution is -0.255. The Labute approximate surface area is 133 Å². The van der Waals surface area contributed by atoms with Crippen molar-refractivity contribution in [2.24, 2.45) is 0 Å². The van der Waals surface area contributed by atoms with Gasteiger partial charge in [-0.05, 0) is 29.8 Å². The molecule has 0 radical (unpaired) electrons. The summed E-state index contributed by atoms with van der Waals surface area (Å²) in [5.74, 6) is -1.25. The van der Waals surface area contributed by atoms with Crippen LogP contribution in [0.4, 0.5) is 5.69 Å². The molecule has 0 aliphatic rings. The highest BCUT2D eigenvalue weighted by atomic mass is 32.2. The van der Waals surface area contributed by atoms with Crippen LogP contribution in [0.5, 0.6) is 11.5 Å². The van der Waals surface area contributed by atoms with Gasteiger partial charge < -0.3 is 24.1 Å². The highest BCUT2D eigenvalue weighted by Gasteiger charge is 2.14. The number of sulfonamides is 1. The predicted octanol–water partition coefficient (Wildman–Crippen LogP) is 1.46. The van der Waals surface area contributed by atoms with Gasteiger partial charge in [-0.2, -0.15) is 0 Å². The Balaban J connectivity index is 2.50. The number of carboxylic acid groups (broad SMARTS) is 1. The minimum absolute atomic E-state index is 0.0198. The molecule has 0 unspecified atom stereocenters. The fourth-order valence-electron chi connectivity index (χ4n) is 1.89. The van der Waals surface area contributed by atoms with Crippen LogP contribution in [0, 0.1) is 0 Å². The van der Waals surface area contributed by atoms with E-state index in [2.05, 4.69) is 4.72 Å². The largest absolute Gasteiger partial charge is 0.570 e. The third-order valence-electron chi connectivity index (χ3n) is 2.98. The van der Waals surface area contributed by atoms with Gasteiger partial charge in [-0.1, -0.05) is 23.9 Å². The maximum Gasteiger partial charge on any atom is 0.136 e. The summed E-state index contributed by atoms with van der Waals surface area (Å²) in [4.78, 5) is 10.6. The van der Waals surface area contributed by atoms with E-state index in [1.54, 1.807) is 18.2 Å². The Morgan fingerprint density at radius 2 is 1.70 bits per heavy atom. The summed E-state index contributed by atoms with van der Waals surface area (Å²) >= 11 is 0. The van der Waals surface area contributed by atoms with Crippen LogP contribution in [0.15, 0.2) is 47.4 Å². The number of methoxy groups -OCH3 is 2. The van der Waals surface area contributed by atoms with Gasteiger partial charge in [0.2, 0.25) is 0 Å². The van der Waals surface area contributed by atoms with E-state index in [9.17, 15) is 18.3 Å². The number of aromatic carboxylic acids is 1. The first-order chi connectivity index (χ1) is 10.9. The van der Waals surface area contributed by atoms with E-state index >= 15 is 0 Å². The van der Waals surface area contributed by atoms with Crippen molar-refractivity contribution >= 4 is 21.7 Å². The van der Waals surface area contributed by atoms with Gasteiger partial charge in [0.1, 0.15) is 21.5 Å². The molecule has 0 heterocycles. The van der Waals surface area contributed by atoms with Gasteiger partial charge in [0.25, 0.3) is 0 Å². The van der Waals surface area contributed by atoms with Gasteiger partial charge >= 0.3 is 0 Å². The molecule has 0 atom stereocenters. The van der Waals surface area contributed by atoms with E-state index in [1.165, 1.54) is 32.4 Å². The maximum atomic E-state index is 12.5. The molecule has 7 nitrogen and oxygen atoms in total. The molecule has 8 heteroatoms. The third-order valence-corrected chi connectivity index (χ3v) is 4.29. The molecule has 0 aromatic heterocycles.